The molecule has 0 radical (unpaired) electrons. The van der Waals surface area contributed by atoms with Gasteiger partial charge in [-0.15, -0.1) is 11.8 Å². The Labute approximate surface area is 119 Å². The van der Waals surface area contributed by atoms with Gasteiger partial charge in [0.05, 0.1) is 5.37 Å². The van der Waals surface area contributed by atoms with Gasteiger partial charge in [0, 0.05) is 10.4 Å². The molecule has 1 N–H and O–H groups in total. The van der Waals surface area contributed by atoms with Crippen molar-refractivity contribution < 1.29 is 0 Å². The van der Waals surface area contributed by atoms with E-state index in [4.69, 9.17) is 0 Å². The van der Waals surface area contributed by atoms with E-state index < -0.39 is 0 Å². The zero-order chi connectivity index (χ0) is 13.5. The van der Waals surface area contributed by atoms with Gasteiger partial charge in [0.2, 0.25) is 0 Å². The molecular weight excluding hydrogens is 250 g/mol. The summed E-state index contributed by atoms with van der Waals surface area (Å²) in [7, 11) is 0. The molecule has 0 bridgehead atoms. The maximum atomic E-state index is 3.62. The molecule has 0 saturated heterocycles. The Balaban J connectivity index is 1.95. The lowest BCUT2D eigenvalue weighted by atomic mass is 10.1. The molecule has 0 amide bonds. The smallest absolute Gasteiger partial charge is 0.0773 e. The first-order valence-electron chi connectivity index (χ1n) is 6.67. The molecule has 2 heteroatoms. The van der Waals surface area contributed by atoms with Crippen LogP contribution >= 0.6 is 11.8 Å². The lowest BCUT2D eigenvalue weighted by Gasteiger charge is -2.28. The summed E-state index contributed by atoms with van der Waals surface area (Å²) in [5.41, 5.74) is 1.46. The van der Waals surface area contributed by atoms with Crippen molar-refractivity contribution in [3.8, 4) is 0 Å². The van der Waals surface area contributed by atoms with Crippen LogP contribution in [0.15, 0.2) is 47.4 Å². The minimum Gasteiger partial charge on any atom is -0.297 e. The zero-order valence-corrected chi connectivity index (χ0v) is 12.4. The van der Waals surface area contributed by atoms with Crippen molar-refractivity contribution in [2.45, 2.75) is 36.6 Å². The van der Waals surface area contributed by atoms with E-state index in [1.54, 1.807) is 0 Å². The molecule has 98 valence electrons. The van der Waals surface area contributed by atoms with E-state index in [1.807, 2.05) is 11.8 Å². The number of nitrogens with one attached hydrogen (secondary N) is 1. The molecular formula is C17H19NS. The summed E-state index contributed by atoms with van der Waals surface area (Å²) in [6.45, 7) is 6.62. The highest BCUT2D eigenvalue weighted by atomic mass is 32.2. The third kappa shape index (κ3) is 2.85. The summed E-state index contributed by atoms with van der Waals surface area (Å²) in [4.78, 5) is 1.36. The van der Waals surface area contributed by atoms with Crippen molar-refractivity contribution in [3.63, 3.8) is 0 Å². The molecule has 1 nitrogen and oxygen atoms in total. The predicted molar refractivity (Wildman–Crippen MR) is 85.5 cm³/mol. The summed E-state index contributed by atoms with van der Waals surface area (Å²) < 4.78 is 0. The van der Waals surface area contributed by atoms with Crippen LogP contribution in [-0.2, 0) is 0 Å². The molecule has 0 aromatic heterocycles. The second-order valence-electron chi connectivity index (χ2n) is 6.03. The van der Waals surface area contributed by atoms with Crippen LogP contribution in [-0.4, -0.2) is 10.9 Å². The van der Waals surface area contributed by atoms with Crippen molar-refractivity contribution in [1.82, 2.24) is 5.32 Å². The molecule has 2 aromatic carbocycles. The van der Waals surface area contributed by atoms with Crippen molar-refractivity contribution in [2.75, 3.05) is 0 Å². The molecule has 0 saturated carbocycles. The van der Waals surface area contributed by atoms with E-state index in [-0.39, 0.29) is 5.54 Å². The molecule has 3 rings (SSSR count). The van der Waals surface area contributed by atoms with Gasteiger partial charge in [-0.05, 0) is 49.2 Å². The lowest BCUT2D eigenvalue weighted by Crippen LogP contribution is -2.41. The predicted octanol–water partition coefficient (Wildman–Crippen LogP) is 4.67. The number of thioether (sulfide) groups is 1. The fourth-order valence-corrected chi connectivity index (χ4v) is 3.64. The van der Waals surface area contributed by atoms with E-state index >= 15 is 0 Å². The lowest BCUT2D eigenvalue weighted by molar-refractivity contribution is 0.436. The maximum absolute atomic E-state index is 3.62. The van der Waals surface area contributed by atoms with Crippen LogP contribution < -0.4 is 5.32 Å². The molecule has 1 unspecified atom stereocenters. The number of hydrogen-bond donors (Lipinski definition) is 1. The van der Waals surface area contributed by atoms with Gasteiger partial charge in [0.25, 0.3) is 0 Å². The third-order valence-corrected chi connectivity index (χ3v) is 4.29. The highest BCUT2D eigenvalue weighted by Gasteiger charge is 2.19. The first-order valence-corrected chi connectivity index (χ1v) is 7.55. The summed E-state index contributed by atoms with van der Waals surface area (Å²) >= 11 is 1.90. The van der Waals surface area contributed by atoms with E-state index in [9.17, 15) is 0 Å². The molecule has 1 aliphatic rings. The van der Waals surface area contributed by atoms with E-state index in [0.29, 0.717) is 5.37 Å². The second-order valence-corrected chi connectivity index (χ2v) is 7.21. The Morgan fingerprint density at radius 3 is 2.42 bits per heavy atom. The van der Waals surface area contributed by atoms with Crippen LogP contribution in [0.4, 0.5) is 0 Å². The van der Waals surface area contributed by atoms with Gasteiger partial charge in [-0.3, -0.25) is 5.32 Å². The van der Waals surface area contributed by atoms with Gasteiger partial charge in [-0.2, -0.15) is 0 Å². The van der Waals surface area contributed by atoms with Gasteiger partial charge in [0.15, 0.2) is 0 Å². The van der Waals surface area contributed by atoms with Crippen LogP contribution in [0.3, 0.4) is 0 Å². The van der Waals surface area contributed by atoms with Crippen LogP contribution in [0.25, 0.3) is 16.8 Å². The van der Waals surface area contributed by atoms with Crippen molar-refractivity contribution in [3.05, 3.63) is 48.0 Å². The van der Waals surface area contributed by atoms with Crippen LogP contribution in [0.5, 0.6) is 0 Å². The highest BCUT2D eigenvalue weighted by Crippen LogP contribution is 2.35. The summed E-state index contributed by atoms with van der Waals surface area (Å²) in [5, 5.41) is 6.61. The monoisotopic (exact) mass is 269 g/mol. The van der Waals surface area contributed by atoms with Crippen LogP contribution in [0.1, 0.15) is 26.3 Å². The van der Waals surface area contributed by atoms with Gasteiger partial charge >= 0.3 is 0 Å². The van der Waals surface area contributed by atoms with Crippen LogP contribution in [0, 0.1) is 0 Å². The summed E-state index contributed by atoms with van der Waals surface area (Å²) in [5.74, 6) is 0. The minimum atomic E-state index is 0.135. The van der Waals surface area contributed by atoms with Gasteiger partial charge in [-0.1, -0.05) is 36.4 Å². The van der Waals surface area contributed by atoms with Crippen molar-refractivity contribution in [1.29, 1.82) is 0 Å². The van der Waals surface area contributed by atoms with Gasteiger partial charge in [-0.25, -0.2) is 0 Å². The topological polar surface area (TPSA) is 12.0 Å². The zero-order valence-electron chi connectivity index (χ0n) is 11.6. The van der Waals surface area contributed by atoms with E-state index in [2.05, 4.69) is 74.6 Å². The van der Waals surface area contributed by atoms with Gasteiger partial charge < -0.3 is 0 Å². The number of hydrogen-bond acceptors (Lipinski definition) is 2. The summed E-state index contributed by atoms with van der Waals surface area (Å²) in [6.07, 6.45) is 4.49. The largest absolute Gasteiger partial charge is 0.297 e. The molecule has 2 aromatic rings. The molecule has 1 heterocycles. The first kappa shape index (κ1) is 12.8. The minimum absolute atomic E-state index is 0.135. The van der Waals surface area contributed by atoms with Crippen molar-refractivity contribution >= 4 is 28.6 Å². The number of rotatable bonds is 1. The Hall–Kier alpha value is -1.25. The second kappa shape index (κ2) is 4.69. The van der Waals surface area contributed by atoms with Crippen LogP contribution in [0.2, 0.25) is 0 Å². The molecule has 19 heavy (non-hydrogen) atoms. The quantitative estimate of drug-likeness (QED) is 0.807. The summed E-state index contributed by atoms with van der Waals surface area (Å²) in [6, 6.07) is 13.1. The molecule has 0 fully saturated rings. The fraction of sp³-hybridized carbons (Fsp3) is 0.294. The average molecular weight is 269 g/mol. The maximum Gasteiger partial charge on any atom is 0.0773 e. The average Bonchev–Trinajstić information content (AvgIpc) is 2.34. The number of benzene rings is 2. The Bertz CT molecular complexity index is 637. The third-order valence-electron chi connectivity index (χ3n) is 3.16. The molecule has 1 aliphatic heterocycles. The van der Waals surface area contributed by atoms with E-state index in [0.717, 1.165) is 0 Å². The molecule has 0 aliphatic carbocycles. The Morgan fingerprint density at radius 2 is 1.74 bits per heavy atom. The Morgan fingerprint density at radius 1 is 1.05 bits per heavy atom. The normalized spacial score (nSPS) is 18.6. The molecule has 0 spiro atoms. The standard InChI is InChI=1S/C17H19NS/c1-17(2,3)18-16-9-8-14-10-12-6-4-5-7-13(12)11-15(14)19-16/h4-11,16,18H,1-3H3. The van der Waals surface area contributed by atoms with E-state index in [1.165, 1.54) is 21.2 Å². The fourth-order valence-electron chi connectivity index (χ4n) is 2.34. The number of fused-ring (bicyclic) bond motifs is 2. The van der Waals surface area contributed by atoms with Crippen molar-refractivity contribution in [2.24, 2.45) is 0 Å². The molecule has 1 atom stereocenters. The Kier molecular flexibility index (Phi) is 3.15. The van der Waals surface area contributed by atoms with Gasteiger partial charge in [0.1, 0.15) is 0 Å². The first-order chi connectivity index (χ1) is 9.01. The SMILES string of the molecule is CC(C)(C)NC1C=Cc2cc3ccccc3cc2S1. The highest BCUT2D eigenvalue weighted by molar-refractivity contribution is 8.00.